The number of hydrogen-bond acceptors (Lipinski definition) is 3. The Morgan fingerprint density at radius 2 is 1.96 bits per heavy atom. The van der Waals surface area contributed by atoms with Crippen LogP contribution < -0.4 is 4.72 Å². The lowest BCUT2D eigenvalue weighted by Gasteiger charge is -2.09. The van der Waals surface area contributed by atoms with Gasteiger partial charge in [-0.2, -0.15) is 11.8 Å². The molecule has 124 valence electrons. The van der Waals surface area contributed by atoms with Crippen LogP contribution in [-0.4, -0.2) is 20.7 Å². The van der Waals surface area contributed by atoms with Crippen LogP contribution in [0.5, 0.6) is 0 Å². The molecular weight excluding hydrogens is 357 g/mol. The molecule has 0 heterocycles. The molecule has 0 saturated heterocycles. The maximum atomic E-state index is 13.4. The summed E-state index contributed by atoms with van der Waals surface area (Å²) in [5.74, 6) is 0.795. The molecule has 0 aromatic heterocycles. The predicted octanol–water partition coefficient (Wildman–Crippen LogP) is 4.00. The summed E-state index contributed by atoms with van der Waals surface area (Å²) in [5, 5.41) is 0.205. The zero-order valence-electron chi connectivity index (χ0n) is 12.6. The zero-order chi connectivity index (χ0) is 16.9. The van der Waals surface area contributed by atoms with Crippen molar-refractivity contribution in [2.45, 2.75) is 17.6 Å². The Morgan fingerprint density at radius 1 is 1.22 bits per heavy atom. The third-order valence-electron chi connectivity index (χ3n) is 3.13. The highest BCUT2D eigenvalue weighted by molar-refractivity contribution is 7.98. The summed E-state index contributed by atoms with van der Waals surface area (Å²) in [6, 6.07) is 11.4. The Morgan fingerprint density at radius 3 is 2.65 bits per heavy atom. The Kier molecular flexibility index (Phi) is 6.47. The van der Waals surface area contributed by atoms with E-state index >= 15 is 0 Å². The van der Waals surface area contributed by atoms with Crippen molar-refractivity contribution in [3.8, 4) is 0 Å². The fourth-order valence-electron chi connectivity index (χ4n) is 1.95. The molecule has 0 fully saturated rings. The van der Waals surface area contributed by atoms with Crippen LogP contribution in [0.1, 0.15) is 11.1 Å². The van der Waals surface area contributed by atoms with Crippen molar-refractivity contribution in [1.29, 1.82) is 0 Å². The van der Waals surface area contributed by atoms with Crippen LogP contribution in [-0.2, 0) is 15.8 Å². The molecule has 1 N–H and O–H groups in total. The molecule has 2 aromatic carbocycles. The van der Waals surface area contributed by atoms with Crippen LogP contribution in [0, 0.1) is 12.7 Å². The van der Waals surface area contributed by atoms with E-state index in [1.54, 1.807) is 30.3 Å². The maximum absolute atomic E-state index is 13.4. The second kappa shape index (κ2) is 8.15. The van der Waals surface area contributed by atoms with Gasteiger partial charge in [-0.1, -0.05) is 35.9 Å². The highest BCUT2D eigenvalue weighted by Gasteiger charge is 2.17. The van der Waals surface area contributed by atoms with E-state index in [2.05, 4.69) is 4.72 Å². The molecule has 0 amide bonds. The summed E-state index contributed by atoms with van der Waals surface area (Å²) in [6.07, 6.45) is 0. The van der Waals surface area contributed by atoms with Crippen LogP contribution in [0.15, 0.2) is 47.4 Å². The number of thioether (sulfide) groups is 1. The second-order valence-corrected chi connectivity index (χ2v) is 8.22. The average Bonchev–Trinajstić information content (AvgIpc) is 2.48. The van der Waals surface area contributed by atoms with Crippen LogP contribution in [0.4, 0.5) is 4.39 Å². The predicted molar refractivity (Wildman–Crippen MR) is 93.9 cm³/mol. The number of halogens is 2. The van der Waals surface area contributed by atoms with Gasteiger partial charge in [-0.3, -0.25) is 0 Å². The Labute approximate surface area is 145 Å². The lowest BCUT2D eigenvalue weighted by molar-refractivity contribution is 0.584. The molecule has 3 nitrogen and oxygen atoms in total. The first-order valence-corrected chi connectivity index (χ1v) is 9.99. The van der Waals surface area contributed by atoms with Gasteiger partial charge in [0.15, 0.2) is 0 Å². The molecule has 0 atom stereocenters. The number of benzene rings is 2. The Hall–Kier alpha value is -1.08. The summed E-state index contributed by atoms with van der Waals surface area (Å²) in [4.78, 5) is 0.0730. The summed E-state index contributed by atoms with van der Waals surface area (Å²) in [5.41, 5.74) is 1.51. The van der Waals surface area contributed by atoms with Gasteiger partial charge in [0, 0.05) is 18.1 Å². The fourth-order valence-corrected chi connectivity index (χ4v) is 4.55. The number of sulfonamides is 1. The van der Waals surface area contributed by atoms with E-state index in [4.69, 9.17) is 11.6 Å². The smallest absolute Gasteiger partial charge is 0.210 e. The minimum atomic E-state index is -3.63. The third-order valence-corrected chi connectivity index (χ3v) is 6.08. The van der Waals surface area contributed by atoms with Crippen molar-refractivity contribution in [3.05, 3.63) is 64.4 Å². The third kappa shape index (κ3) is 5.21. The lowest BCUT2D eigenvalue weighted by atomic mass is 10.2. The first-order chi connectivity index (χ1) is 10.9. The molecule has 2 rings (SSSR count). The Bertz CT molecular complexity index is 781. The highest BCUT2D eigenvalue weighted by atomic mass is 35.5. The van der Waals surface area contributed by atoms with Gasteiger partial charge in [0.1, 0.15) is 10.7 Å². The molecular formula is C16H17ClFNO2S2. The number of aryl methyl sites for hydroxylation is 1. The molecule has 0 spiro atoms. The summed E-state index contributed by atoms with van der Waals surface area (Å²) >= 11 is 7.45. The van der Waals surface area contributed by atoms with Gasteiger partial charge in [0.2, 0.25) is 10.0 Å². The van der Waals surface area contributed by atoms with Gasteiger partial charge in [-0.15, -0.1) is 0 Å². The molecule has 0 aliphatic rings. The highest BCUT2D eigenvalue weighted by Crippen LogP contribution is 2.22. The second-order valence-electron chi connectivity index (χ2n) is 4.98. The van der Waals surface area contributed by atoms with Crippen LogP contribution in [0.25, 0.3) is 0 Å². The number of rotatable bonds is 7. The number of hydrogen-bond donors (Lipinski definition) is 1. The standard InChI is InChI=1S/C16H17ClFNO2S2/c1-12-6-7-16(14(17)10-12)23(20,21)19-8-9-22-11-13-4-2-3-5-15(13)18/h2-7,10,19H,8-9,11H2,1H3. The van der Waals surface area contributed by atoms with Crippen molar-refractivity contribution >= 4 is 33.4 Å². The Balaban J connectivity index is 1.85. The minimum Gasteiger partial charge on any atom is -0.210 e. The monoisotopic (exact) mass is 373 g/mol. The van der Waals surface area contributed by atoms with Crippen LogP contribution in [0.2, 0.25) is 5.02 Å². The normalized spacial score (nSPS) is 11.6. The molecule has 7 heteroatoms. The molecule has 2 aromatic rings. The largest absolute Gasteiger partial charge is 0.242 e. The molecule has 0 unspecified atom stereocenters. The van der Waals surface area contributed by atoms with Crippen molar-refractivity contribution in [2.75, 3.05) is 12.3 Å². The fraction of sp³-hybridized carbons (Fsp3) is 0.250. The van der Waals surface area contributed by atoms with E-state index in [0.717, 1.165) is 5.56 Å². The zero-order valence-corrected chi connectivity index (χ0v) is 14.9. The van der Waals surface area contributed by atoms with Crippen molar-refractivity contribution in [1.82, 2.24) is 4.72 Å². The summed E-state index contributed by atoms with van der Waals surface area (Å²) in [6.45, 7) is 2.10. The van der Waals surface area contributed by atoms with Crippen molar-refractivity contribution < 1.29 is 12.8 Å². The SMILES string of the molecule is Cc1ccc(S(=O)(=O)NCCSCc2ccccc2F)c(Cl)c1. The van der Waals surface area contributed by atoms with E-state index in [0.29, 0.717) is 17.1 Å². The minimum absolute atomic E-state index is 0.0730. The maximum Gasteiger partial charge on any atom is 0.242 e. The molecule has 0 aliphatic heterocycles. The van der Waals surface area contributed by atoms with E-state index in [-0.39, 0.29) is 22.3 Å². The topological polar surface area (TPSA) is 46.2 Å². The number of nitrogens with one attached hydrogen (secondary N) is 1. The molecule has 23 heavy (non-hydrogen) atoms. The van der Waals surface area contributed by atoms with Gasteiger partial charge in [-0.05, 0) is 36.2 Å². The van der Waals surface area contributed by atoms with Crippen molar-refractivity contribution in [3.63, 3.8) is 0 Å². The van der Waals surface area contributed by atoms with E-state index in [9.17, 15) is 12.8 Å². The molecule has 0 bridgehead atoms. The lowest BCUT2D eigenvalue weighted by Crippen LogP contribution is -2.26. The summed E-state index contributed by atoms with van der Waals surface area (Å²) in [7, 11) is -3.63. The van der Waals surface area contributed by atoms with Gasteiger partial charge >= 0.3 is 0 Å². The van der Waals surface area contributed by atoms with E-state index in [1.807, 2.05) is 6.92 Å². The summed E-state index contributed by atoms with van der Waals surface area (Å²) < 4.78 is 40.3. The van der Waals surface area contributed by atoms with E-state index < -0.39 is 10.0 Å². The first kappa shape index (κ1) is 18.3. The van der Waals surface area contributed by atoms with Crippen LogP contribution in [0.3, 0.4) is 0 Å². The van der Waals surface area contributed by atoms with Gasteiger partial charge in [-0.25, -0.2) is 17.5 Å². The average molecular weight is 374 g/mol. The quantitative estimate of drug-likeness (QED) is 0.746. The van der Waals surface area contributed by atoms with Gasteiger partial charge < -0.3 is 0 Å². The van der Waals surface area contributed by atoms with Crippen molar-refractivity contribution in [2.24, 2.45) is 0 Å². The molecule has 0 aliphatic carbocycles. The van der Waals surface area contributed by atoms with Gasteiger partial charge in [0.05, 0.1) is 5.02 Å². The van der Waals surface area contributed by atoms with Gasteiger partial charge in [0.25, 0.3) is 0 Å². The molecule has 0 saturated carbocycles. The van der Waals surface area contributed by atoms with Crippen LogP contribution >= 0.6 is 23.4 Å². The van der Waals surface area contributed by atoms with E-state index in [1.165, 1.54) is 23.9 Å². The molecule has 0 radical (unpaired) electrons. The first-order valence-electron chi connectivity index (χ1n) is 6.97.